The number of carbonyl (C=O) groups excluding carboxylic acids is 1. The van der Waals surface area contributed by atoms with Gasteiger partial charge in [0.05, 0.1) is 11.7 Å². The lowest BCUT2D eigenvalue weighted by Gasteiger charge is -2.14. The van der Waals surface area contributed by atoms with Crippen LogP contribution in [0.3, 0.4) is 0 Å². The Morgan fingerprint density at radius 3 is 1.57 bits per heavy atom. The van der Waals surface area contributed by atoms with Gasteiger partial charge in [-0.1, -0.05) is 141 Å². The summed E-state index contributed by atoms with van der Waals surface area (Å²) in [7, 11) is 0. The summed E-state index contributed by atoms with van der Waals surface area (Å²) in [6, 6.07) is 15.5. The summed E-state index contributed by atoms with van der Waals surface area (Å²) < 4.78 is 11.6. The van der Waals surface area contributed by atoms with E-state index in [9.17, 15) is 4.79 Å². The highest BCUT2D eigenvalue weighted by molar-refractivity contribution is 5.91. The minimum absolute atomic E-state index is 0.0387. The Bertz CT molecular complexity index is 871. The summed E-state index contributed by atoms with van der Waals surface area (Å²) in [5.74, 6) is 0.247. The SMILES string of the molecule is CCCCCCCCCCCCCCCCCCOC(C)c1ccc(OC(=O)c2ccc(CCCC)cc2)cc1. The normalized spacial score (nSPS) is 12.0. The summed E-state index contributed by atoms with van der Waals surface area (Å²) in [4.78, 5) is 12.5. The molecule has 0 fully saturated rings. The lowest BCUT2D eigenvalue weighted by molar-refractivity contribution is 0.0627. The fraction of sp³-hybridized carbons (Fsp3) is 0.649. The molecule has 0 aliphatic rings. The smallest absolute Gasteiger partial charge is 0.343 e. The first-order valence-electron chi connectivity index (χ1n) is 16.7. The van der Waals surface area contributed by atoms with Crippen LogP contribution in [0, 0.1) is 0 Å². The highest BCUT2D eigenvalue weighted by Gasteiger charge is 2.10. The van der Waals surface area contributed by atoms with Gasteiger partial charge in [0.15, 0.2) is 0 Å². The van der Waals surface area contributed by atoms with Crippen molar-refractivity contribution in [1.29, 1.82) is 0 Å². The number of hydrogen-bond acceptors (Lipinski definition) is 3. The van der Waals surface area contributed by atoms with Crippen LogP contribution in [0.5, 0.6) is 5.75 Å². The van der Waals surface area contributed by atoms with E-state index in [2.05, 4.69) is 20.8 Å². The molecule has 2 rings (SSSR count). The Labute approximate surface area is 246 Å². The Morgan fingerprint density at radius 2 is 1.07 bits per heavy atom. The zero-order valence-electron chi connectivity index (χ0n) is 26.1. The summed E-state index contributed by atoms with van der Waals surface area (Å²) in [5.41, 5.74) is 2.95. The Balaban J connectivity index is 1.47. The zero-order chi connectivity index (χ0) is 28.7. The molecule has 1 unspecified atom stereocenters. The minimum atomic E-state index is -0.317. The van der Waals surface area contributed by atoms with E-state index in [1.807, 2.05) is 48.5 Å². The predicted molar refractivity (Wildman–Crippen MR) is 170 cm³/mol. The molecule has 2 aromatic rings. The fourth-order valence-corrected chi connectivity index (χ4v) is 5.17. The van der Waals surface area contributed by atoms with Gasteiger partial charge in [0.1, 0.15) is 5.75 Å². The van der Waals surface area contributed by atoms with E-state index in [0.717, 1.165) is 31.4 Å². The van der Waals surface area contributed by atoms with Crippen LogP contribution in [0.1, 0.15) is 164 Å². The molecule has 40 heavy (non-hydrogen) atoms. The van der Waals surface area contributed by atoms with Crippen molar-refractivity contribution in [2.45, 2.75) is 149 Å². The molecule has 0 bridgehead atoms. The number of rotatable bonds is 24. The average Bonchev–Trinajstić information content (AvgIpc) is 2.98. The molecule has 2 aromatic carbocycles. The van der Waals surface area contributed by atoms with Crippen LogP contribution < -0.4 is 4.74 Å². The predicted octanol–water partition coefficient (Wildman–Crippen LogP) is 11.6. The van der Waals surface area contributed by atoms with Gasteiger partial charge in [-0.25, -0.2) is 4.79 Å². The summed E-state index contributed by atoms with van der Waals surface area (Å²) in [6.07, 6.45) is 25.5. The lowest BCUT2D eigenvalue weighted by atomic mass is 10.0. The van der Waals surface area contributed by atoms with E-state index >= 15 is 0 Å². The summed E-state index contributed by atoms with van der Waals surface area (Å²) in [5, 5.41) is 0. The molecule has 0 N–H and O–H groups in total. The Kier molecular flexibility index (Phi) is 19.2. The van der Waals surface area contributed by atoms with Crippen LogP contribution in [0.2, 0.25) is 0 Å². The highest BCUT2D eigenvalue weighted by atomic mass is 16.5. The number of esters is 1. The van der Waals surface area contributed by atoms with Crippen molar-refractivity contribution in [3.05, 3.63) is 65.2 Å². The molecule has 3 nitrogen and oxygen atoms in total. The second-order valence-corrected chi connectivity index (χ2v) is 11.6. The number of aryl methyl sites for hydroxylation is 1. The largest absolute Gasteiger partial charge is 0.423 e. The van der Waals surface area contributed by atoms with Crippen molar-refractivity contribution >= 4 is 5.97 Å². The monoisotopic (exact) mass is 550 g/mol. The van der Waals surface area contributed by atoms with Crippen molar-refractivity contribution in [2.75, 3.05) is 6.61 Å². The maximum absolute atomic E-state index is 12.5. The van der Waals surface area contributed by atoms with Crippen molar-refractivity contribution in [2.24, 2.45) is 0 Å². The van der Waals surface area contributed by atoms with Gasteiger partial charge in [0.2, 0.25) is 0 Å². The van der Waals surface area contributed by atoms with Gasteiger partial charge in [0, 0.05) is 6.61 Å². The number of ether oxygens (including phenoxy) is 2. The average molecular weight is 551 g/mol. The van der Waals surface area contributed by atoms with E-state index in [1.54, 1.807) is 0 Å². The van der Waals surface area contributed by atoms with Crippen LogP contribution in [0.25, 0.3) is 0 Å². The molecule has 1 atom stereocenters. The first kappa shape index (κ1) is 34.1. The van der Waals surface area contributed by atoms with Gasteiger partial charge < -0.3 is 9.47 Å². The molecule has 0 aliphatic heterocycles. The van der Waals surface area contributed by atoms with Gasteiger partial charge in [-0.3, -0.25) is 0 Å². The van der Waals surface area contributed by atoms with Gasteiger partial charge in [-0.05, 0) is 61.6 Å². The number of unbranched alkanes of at least 4 members (excludes halogenated alkanes) is 16. The van der Waals surface area contributed by atoms with E-state index in [1.165, 1.54) is 108 Å². The third kappa shape index (κ3) is 15.6. The number of benzene rings is 2. The van der Waals surface area contributed by atoms with Crippen molar-refractivity contribution in [3.63, 3.8) is 0 Å². The third-order valence-corrected chi connectivity index (χ3v) is 7.93. The summed E-state index contributed by atoms with van der Waals surface area (Å²) >= 11 is 0. The quantitative estimate of drug-likeness (QED) is 0.0740. The van der Waals surface area contributed by atoms with Crippen LogP contribution in [0.15, 0.2) is 48.5 Å². The second kappa shape index (κ2) is 22.5. The summed E-state index contributed by atoms with van der Waals surface area (Å²) in [6.45, 7) is 7.36. The molecule has 0 aromatic heterocycles. The molecular weight excluding hydrogens is 492 g/mol. The molecule has 0 spiro atoms. The van der Waals surface area contributed by atoms with E-state index in [4.69, 9.17) is 9.47 Å². The first-order chi connectivity index (χ1) is 19.6. The van der Waals surface area contributed by atoms with Gasteiger partial charge in [-0.2, -0.15) is 0 Å². The molecule has 0 heterocycles. The number of hydrogen-bond donors (Lipinski definition) is 0. The topological polar surface area (TPSA) is 35.5 Å². The van der Waals surface area contributed by atoms with E-state index in [0.29, 0.717) is 11.3 Å². The first-order valence-corrected chi connectivity index (χ1v) is 16.7. The second-order valence-electron chi connectivity index (χ2n) is 11.6. The molecule has 0 saturated carbocycles. The molecular formula is C37H58O3. The van der Waals surface area contributed by atoms with Gasteiger partial charge in [0.25, 0.3) is 0 Å². The maximum atomic E-state index is 12.5. The third-order valence-electron chi connectivity index (χ3n) is 7.93. The number of carbonyl (C=O) groups is 1. The van der Waals surface area contributed by atoms with Gasteiger partial charge >= 0.3 is 5.97 Å². The van der Waals surface area contributed by atoms with Crippen molar-refractivity contribution in [1.82, 2.24) is 0 Å². The van der Waals surface area contributed by atoms with E-state index in [-0.39, 0.29) is 12.1 Å². The molecule has 0 saturated heterocycles. The maximum Gasteiger partial charge on any atom is 0.343 e. The van der Waals surface area contributed by atoms with E-state index < -0.39 is 0 Å². The van der Waals surface area contributed by atoms with Crippen molar-refractivity contribution < 1.29 is 14.3 Å². The van der Waals surface area contributed by atoms with Crippen LogP contribution >= 0.6 is 0 Å². The highest BCUT2D eigenvalue weighted by Crippen LogP contribution is 2.22. The van der Waals surface area contributed by atoms with Gasteiger partial charge in [-0.15, -0.1) is 0 Å². The Morgan fingerprint density at radius 1 is 0.600 bits per heavy atom. The molecule has 3 heteroatoms. The molecule has 0 aliphatic carbocycles. The standard InChI is InChI=1S/C37H58O3/c1-4-6-8-9-10-11-12-13-14-15-16-17-18-19-20-21-31-39-32(3)34-27-29-36(30-28-34)40-37(38)35-25-23-33(24-26-35)22-7-5-2/h23-30,32H,4-22,31H2,1-3H3. The minimum Gasteiger partial charge on any atom is -0.423 e. The fourth-order valence-electron chi connectivity index (χ4n) is 5.17. The van der Waals surface area contributed by atoms with Crippen LogP contribution in [-0.2, 0) is 11.2 Å². The lowest BCUT2D eigenvalue weighted by Crippen LogP contribution is -2.08. The molecule has 224 valence electrons. The van der Waals surface area contributed by atoms with Crippen LogP contribution in [-0.4, -0.2) is 12.6 Å². The van der Waals surface area contributed by atoms with Crippen LogP contribution in [0.4, 0.5) is 0 Å². The molecule has 0 amide bonds. The molecule has 0 radical (unpaired) electrons. The zero-order valence-corrected chi connectivity index (χ0v) is 26.1. The van der Waals surface area contributed by atoms with Crippen molar-refractivity contribution in [3.8, 4) is 5.75 Å². The Hall–Kier alpha value is -2.13.